The van der Waals surface area contributed by atoms with Crippen molar-refractivity contribution in [1.29, 1.82) is 0 Å². The van der Waals surface area contributed by atoms with E-state index < -0.39 is 0 Å². The number of carbonyl (C=O) groups excluding carboxylic acids is 1. The summed E-state index contributed by atoms with van der Waals surface area (Å²) in [5.74, 6) is 1.39. The zero-order valence-electron chi connectivity index (χ0n) is 17.2. The second kappa shape index (κ2) is 9.80. The Bertz CT molecular complexity index is 1020. The van der Waals surface area contributed by atoms with E-state index in [2.05, 4.69) is 20.5 Å². The molecule has 1 atom stereocenters. The number of carbonyl (C=O) groups is 1. The first-order chi connectivity index (χ1) is 15.1. The molecule has 1 fully saturated rings. The molecule has 3 aromatic rings. The lowest BCUT2D eigenvalue weighted by Crippen LogP contribution is -2.42. The predicted molar refractivity (Wildman–Crippen MR) is 118 cm³/mol. The summed E-state index contributed by atoms with van der Waals surface area (Å²) < 4.78 is 11.6. The predicted octanol–water partition coefficient (Wildman–Crippen LogP) is 3.34. The topological polar surface area (TPSA) is 92.4 Å². The van der Waals surface area contributed by atoms with Crippen LogP contribution in [0.15, 0.2) is 48.7 Å². The Kier molecular flexibility index (Phi) is 6.69. The van der Waals surface area contributed by atoms with Gasteiger partial charge in [0.05, 0.1) is 25.5 Å². The van der Waals surface area contributed by atoms with E-state index in [1.807, 2.05) is 18.2 Å². The van der Waals surface area contributed by atoms with Gasteiger partial charge in [-0.25, -0.2) is 4.98 Å². The van der Waals surface area contributed by atoms with Gasteiger partial charge in [0.1, 0.15) is 17.7 Å². The largest absolute Gasteiger partial charge is 0.493 e. The van der Waals surface area contributed by atoms with Gasteiger partial charge in [-0.1, -0.05) is 11.6 Å². The highest BCUT2D eigenvalue weighted by atomic mass is 35.5. The zero-order chi connectivity index (χ0) is 21.6. The van der Waals surface area contributed by atoms with Crippen LogP contribution in [-0.2, 0) is 11.2 Å². The van der Waals surface area contributed by atoms with Gasteiger partial charge < -0.3 is 19.7 Å². The highest BCUT2D eigenvalue weighted by Crippen LogP contribution is 2.23. The van der Waals surface area contributed by atoms with Crippen molar-refractivity contribution in [2.45, 2.75) is 12.5 Å². The fourth-order valence-electron chi connectivity index (χ4n) is 3.38. The molecule has 1 amide bonds. The third-order valence-corrected chi connectivity index (χ3v) is 5.30. The number of nitrogens with zero attached hydrogens (tertiary/aromatic N) is 3. The molecule has 0 aliphatic carbocycles. The Balaban J connectivity index is 1.33. The number of amides is 1. The lowest BCUT2D eigenvalue weighted by Gasteiger charge is -2.32. The van der Waals surface area contributed by atoms with Crippen molar-refractivity contribution in [2.75, 3.05) is 38.7 Å². The van der Waals surface area contributed by atoms with Crippen LogP contribution >= 0.6 is 11.6 Å². The van der Waals surface area contributed by atoms with Gasteiger partial charge in [0.15, 0.2) is 0 Å². The second-order valence-electron chi connectivity index (χ2n) is 7.16. The highest BCUT2D eigenvalue weighted by molar-refractivity contribution is 6.30. The Morgan fingerprint density at radius 1 is 1.32 bits per heavy atom. The molecule has 0 unspecified atom stereocenters. The summed E-state index contributed by atoms with van der Waals surface area (Å²) in [6.07, 6.45) is 2.03. The van der Waals surface area contributed by atoms with E-state index in [1.54, 1.807) is 42.4 Å². The average Bonchev–Trinajstić information content (AvgIpc) is 3.29. The first-order valence-corrected chi connectivity index (χ1v) is 10.5. The van der Waals surface area contributed by atoms with Crippen molar-refractivity contribution < 1.29 is 14.3 Å². The van der Waals surface area contributed by atoms with Crippen LogP contribution in [-0.4, -0.2) is 59.3 Å². The standard InChI is InChI=1S/C22H24ClN5O3/c1-24-21-12-15(6-8-25-21)22(29)28-9-11-31-20(14-28)19-13-17(26-27-19)7-10-30-18-4-2-16(23)3-5-18/h2-6,8,12-13,20H,7,9-11,14H2,1H3,(H,24,25)(H,26,27)/t20-/m0/s1. The van der Waals surface area contributed by atoms with Gasteiger partial charge in [-0.2, -0.15) is 5.10 Å². The number of aromatic nitrogens is 3. The highest BCUT2D eigenvalue weighted by Gasteiger charge is 2.28. The normalized spacial score (nSPS) is 16.2. The minimum absolute atomic E-state index is 0.0423. The van der Waals surface area contributed by atoms with E-state index in [9.17, 15) is 4.79 Å². The molecule has 162 valence electrons. The number of ether oxygens (including phenoxy) is 2. The number of halogens is 1. The molecule has 0 spiro atoms. The molecule has 1 aliphatic heterocycles. The summed E-state index contributed by atoms with van der Waals surface area (Å²) in [5.41, 5.74) is 2.33. The smallest absolute Gasteiger partial charge is 0.254 e. The molecule has 8 nitrogen and oxygen atoms in total. The molecular weight excluding hydrogens is 418 g/mol. The fourth-order valence-corrected chi connectivity index (χ4v) is 3.50. The number of hydrogen-bond donors (Lipinski definition) is 2. The lowest BCUT2D eigenvalue weighted by atomic mass is 10.1. The molecule has 31 heavy (non-hydrogen) atoms. The van der Waals surface area contributed by atoms with Crippen LogP contribution in [0.5, 0.6) is 5.75 Å². The quantitative estimate of drug-likeness (QED) is 0.584. The Morgan fingerprint density at radius 2 is 2.16 bits per heavy atom. The van der Waals surface area contributed by atoms with Gasteiger partial charge in [-0.15, -0.1) is 0 Å². The van der Waals surface area contributed by atoms with E-state index in [0.717, 1.165) is 17.1 Å². The summed E-state index contributed by atoms with van der Waals surface area (Å²) in [7, 11) is 1.77. The van der Waals surface area contributed by atoms with Crippen LogP contribution in [0.25, 0.3) is 0 Å². The minimum Gasteiger partial charge on any atom is -0.493 e. The molecule has 0 radical (unpaired) electrons. The molecule has 1 aromatic carbocycles. The van der Waals surface area contributed by atoms with Crippen LogP contribution in [0, 0.1) is 0 Å². The van der Waals surface area contributed by atoms with Gasteiger partial charge in [-0.3, -0.25) is 9.89 Å². The molecule has 0 bridgehead atoms. The summed E-state index contributed by atoms with van der Waals surface area (Å²) in [5, 5.41) is 11.1. The number of H-pyrrole nitrogens is 1. The number of rotatable bonds is 7. The second-order valence-corrected chi connectivity index (χ2v) is 7.60. The van der Waals surface area contributed by atoms with Gasteiger partial charge in [0.25, 0.3) is 5.91 Å². The molecular formula is C22H24ClN5O3. The number of morpholine rings is 1. The average molecular weight is 442 g/mol. The minimum atomic E-state index is -0.273. The van der Waals surface area contributed by atoms with E-state index in [1.165, 1.54) is 0 Å². The molecule has 3 heterocycles. The fraction of sp³-hybridized carbons (Fsp3) is 0.318. The van der Waals surface area contributed by atoms with Crippen molar-refractivity contribution in [3.8, 4) is 5.75 Å². The van der Waals surface area contributed by atoms with Crippen LogP contribution in [0.3, 0.4) is 0 Å². The maximum atomic E-state index is 12.9. The van der Waals surface area contributed by atoms with Crippen LogP contribution in [0.1, 0.15) is 27.8 Å². The molecule has 4 rings (SSSR count). The number of aromatic amines is 1. The van der Waals surface area contributed by atoms with Crippen LogP contribution in [0.2, 0.25) is 5.02 Å². The first kappa shape index (κ1) is 21.1. The monoisotopic (exact) mass is 441 g/mol. The maximum absolute atomic E-state index is 12.9. The summed E-state index contributed by atoms with van der Waals surface area (Å²) in [4.78, 5) is 18.9. The third-order valence-electron chi connectivity index (χ3n) is 5.05. The molecule has 1 aliphatic rings. The van der Waals surface area contributed by atoms with Crippen molar-refractivity contribution >= 4 is 23.3 Å². The lowest BCUT2D eigenvalue weighted by molar-refractivity contribution is -0.0247. The van der Waals surface area contributed by atoms with E-state index in [-0.39, 0.29) is 12.0 Å². The van der Waals surface area contributed by atoms with Crippen molar-refractivity contribution in [2.24, 2.45) is 0 Å². The number of nitrogens with one attached hydrogen (secondary N) is 2. The number of benzene rings is 1. The summed E-state index contributed by atoms with van der Waals surface area (Å²) in [6, 6.07) is 12.7. The Labute approximate surface area is 185 Å². The molecule has 9 heteroatoms. The van der Waals surface area contributed by atoms with Crippen molar-refractivity contribution in [1.82, 2.24) is 20.1 Å². The van der Waals surface area contributed by atoms with Crippen LogP contribution in [0.4, 0.5) is 5.82 Å². The molecule has 1 saturated heterocycles. The molecule has 0 saturated carbocycles. The third kappa shape index (κ3) is 5.34. The first-order valence-electron chi connectivity index (χ1n) is 10.1. The Hall–Kier alpha value is -3.10. The van der Waals surface area contributed by atoms with Crippen LogP contribution < -0.4 is 10.1 Å². The Morgan fingerprint density at radius 3 is 2.97 bits per heavy atom. The molecule has 2 aromatic heterocycles. The summed E-state index contributed by atoms with van der Waals surface area (Å²) in [6.45, 7) is 1.96. The number of hydrogen-bond acceptors (Lipinski definition) is 6. The molecule has 2 N–H and O–H groups in total. The van der Waals surface area contributed by atoms with Crippen molar-refractivity contribution in [3.05, 3.63) is 70.6 Å². The van der Waals surface area contributed by atoms with E-state index >= 15 is 0 Å². The van der Waals surface area contributed by atoms with Gasteiger partial charge in [-0.05, 0) is 42.5 Å². The van der Waals surface area contributed by atoms with Crippen molar-refractivity contribution in [3.63, 3.8) is 0 Å². The SMILES string of the molecule is CNc1cc(C(=O)N2CCO[C@H](c3cc(CCOc4ccc(Cl)cc4)[nH]n3)C2)ccn1. The number of pyridine rings is 1. The van der Waals surface area contributed by atoms with E-state index in [4.69, 9.17) is 21.1 Å². The van der Waals surface area contributed by atoms with Gasteiger partial charge in [0, 0.05) is 42.5 Å². The zero-order valence-corrected chi connectivity index (χ0v) is 17.9. The number of anilines is 1. The van der Waals surface area contributed by atoms with Gasteiger partial charge >= 0.3 is 0 Å². The summed E-state index contributed by atoms with van der Waals surface area (Å²) >= 11 is 5.89. The maximum Gasteiger partial charge on any atom is 0.254 e. The van der Waals surface area contributed by atoms with E-state index in [0.29, 0.717) is 49.1 Å². The van der Waals surface area contributed by atoms with Gasteiger partial charge in [0.2, 0.25) is 0 Å².